The van der Waals surface area contributed by atoms with Crippen LogP contribution >= 0.6 is 11.3 Å². The standard InChI is InChI=1S/C27H36N6O3S/c1-4-7-8-9-10-11-14-17-32-19-16-13-12-15-18(19)20(24(32)34)21-25(35)33-23-22(28-29-26(33)37-21)30(5-2)27(36)31(23)6-3/h12-13,15-16,22-23,28H,4-11,14,17H2,1-3H3/b21-20-. The molecular formula is C27H36N6O3S. The van der Waals surface area contributed by atoms with Gasteiger partial charge in [-0.15, -0.1) is 5.10 Å². The molecular weight excluding hydrogens is 488 g/mol. The number of hydrogen-bond acceptors (Lipinski definition) is 6. The normalized spacial score (nSPS) is 21.6. The fraction of sp³-hybridized carbons (Fsp3) is 0.556. The number of urea groups is 1. The molecule has 2 atom stereocenters. The third kappa shape index (κ3) is 4.24. The topological polar surface area (TPSA) is 90.2 Å². The van der Waals surface area contributed by atoms with Crippen molar-refractivity contribution < 1.29 is 9.59 Å². The summed E-state index contributed by atoms with van der Waals surface area (Å²) in [5.74, 6) is -0.127. The van der Waals surface area contributed by atoms with Gasteiger partial charge in [-0.25, -0.2) is 4.79 Å². The van der Waals surface area contributed by atoms with E-state index in [9.17, 15) is 14.4 Å². The van der Waals surface area contributed by atoms with Crippen LogP contribution in [0.25, 0.3) is 5.57 Å². The van der Waals surface area contributed by atoms with Crippen molar-refractivity contribution in [2.24, 2.45) is 5.10 Å². The van der Waals surface area contributed by atoms with E-state index >= 15 is 0 Å². The lowest BCUT2D eigenvalue weighted by molar-refractivity contribution is -0.113. The fourth-order valence-corrected chi connectivity index (χ4v) is 6.77. The van der Waals surface area contributed by atoms with Gasteiger partial charge in [0.1, 0.15) is 4.53 Å². The Bertz CT molecular complexity index is 1360. The number of para-hydroxylation sites is 1. The molecule has 0 radical (unpaired) electrons. The smallest absolute Gasteiger partial charge is 0.308 e. The Kier molecular flexibility index (Phi) is 7.37. The summed E-state index contributed by atoms with van der Waals surface area (Å²) < 4.78 is 1.99. The average molecular weight is 525 g/mol. The van der Waals surface area contributed by atoms with E-state index in [1.165, 1.54) is 43.4 Å². The summed E-state index contributed by atoms with van der Waals surface area (Å²) in [7, 11) is 0. The molecule has 2 unspecified atom stereocenters. The lowest BCUT2D eigenvalue weighted by Gasteiger charge is -2.29. The van der Waals surface area contributed by atoms with Gasteiger partial charge in [-0.1, -0.05) is 75.0 Å². The molecule has 1 saturated heterocycles. The van der Waals surface area contributed by atoms with Gasteiger partial charge < -0.3 is 4.90 Å². The second-order valence-electron chi connectivity index (χ2n) is 9.81. The van der Waals surface area contributed by atoms with Crippen LogP contribution in [0.5, 0.6) is 0 Å². The second kappa shape index (κ2) is 10.7. The minimum Gasteiger partial charge on any atom is -0.308 e. The molecule has 1 fully saturated rings. The molecule has 3 aliphatic rings. The van der Waals surface area contributed by atoms with Crippen molar-refractivity contribution in [1.29, 1.82) is 0 Å². The van der Waals surface area contributed by atoms with E-state index in [1.807, 2.05) is 43.0 Å². The van der Waals surface area contributed by atoms with E-state index in [0.29, 0.717) is 34.5 Å². The highest BCUT2D eigenvalue weighted by molar-refractivity contribution is 7.07. The maximum atomic E-state index is 13.9. The van der Waals surface area contributed by atoms with Crippen LogP contribution in [-0.4, -0.2) is 52.1 Å². The SMILES string of the molecule is CCCCCCCCCN1C(=O)/C(=c2\sc3n(c2=O)C2C(NN=3)N(CC)C(=O)N2CC)c2ccccc21. The van der Waals surface area contributed by atoms with Crippen LogP contribution in [0.1, 0.15) is 77.4 Å². The number of rotatable bonds is 10. The number of fused-ring (bicyclic) bond motifs is 4. The summed E-state index contributed by atoms with van der Waals surface area (Å²) in [5.41, 5.74) is 4.93. The molecule has 0 saturated carbocycles. The highest BCUT2D eigenvalue weighted by atomic mass is 32.1. The Morgan fingerprint density at radius 2 is 1.62 bits per heavy atom. The number of nitrogens with one attached hydrogen (secondary N) is 1. The van der Waals surface area contributed by atoms with Crippen molar-refractivity contribution in [2.75, 3.05) is 24.5 Å². The lowest BCUT2D eigenvalue weighted by atomic mass is 10.1. The van der Waals surface area contributed by atoms with Crippen molar-refractivity contribution in [2.45, 2.75) is 78.0 Å². The van der Waals surface area contributed by atoms with Crippen LogP contribution in [-0.2, 0) is 4.79 Å². The van der Waals surface area contributed by atoms with Crippen LogP contribution in [0, 0.1) is 0 Å². The van der Waals surface area contributed by atoms with Gasteiger partial charge in [0.15, 0.2) is 12.3 Å². The van der Waals surface area contributed by atoms with E-state index in [-0.39, 0.29) is 17.5 Å². The van der Waals surface area contributed by atoms with Crippen molar-refractivity contribution >= 4 is 34.5 Å². The first kappa shape index (κ1) is 25.5. The van der Waals surface area contributed by atoms with Crippen LogP contribution in [0.4, 0.5) is 10.5 Å². The summed E-state index contributed by atoms with van der Waals surface area (Å²) in [6.07, 6.45) is 7.29. The van der Waals surface area contributed by atoms with Gasteiger partial charge in [-0.3, -0.25) is 29.4 Å². The molecule has 2 aromatic rings. The predicted molar refractivity (Wildman–Crippen MR) is 145 cm³/mol. The van der Waals surface area contributed by atoms with E-state index in [0.717, 1.165) is 24.1 Å². The van der Waals surface area contributed by atoms with Gasteiger partial charge in [0.25, 0.3) is 11.5 Å². The summed E-state index contributed by atoms with van der Waals surface area (Å²) in [4.78, 5) is 46.3. The third-order valence-electron chi connectivity index (χ3n) is 7.62. The molecule has 4 heterocycles. The summed E-state index contributed by atoms with van der Waals surface area (Å²) in [5, 5.41) is 4.45. The largest absolute Gasteiger partial charge is 0.323 e. The van der Waals surface area contributed by atoms with Gasteiger partial charge >= 0.3 is 6.03 Å². The number of anilines is 1. The molecule has 3 aliphatic heterocycles. The zero-order chi connectivity index (χ0) is 26.1. The van der Waals surface area contributed by atoms with Crippen LogP contribution in [0.3, 0.4) is 0 Å². The first-order chi connectivity index (χ1) is 18.0. The molecule has 10 heteroatoms. The molecule has 1 aromatic heterocycles. The van der Waals surface area contributed by atoms with E-state index in [2.05, 4.69) is 17.5 Å². The molecule has 0 bridgehead atoms. The number of unbranched alkanes of at least 4 members (excludes halogenated alkanes) is 6. The highest BCUT2D eigenvalue weighted by Gasteiger charge is 2.48. The predicted octanol–water partition coefficient (Wildman–Crippen LogP) is 2.95. The molecule has 1 N–H and O–H groups in total. The van der Waals surface area contributed by atoms with Crippen LogP contribution in [0.2, 0.25) is 0 Å². The van der Waals surface area contributed by atoms with E-state index in [4.69, 9.17) is 0 Å². The van der Waals surface area contributed by atoms with Gasteiger partial charge in [0, 0.05) is 25.2 Å². The van der Waals surface area contributed by atoms with Gasteiger partial charge in [-0.05, 0) is 26.3 Å². The second-order valence-corrected chi connectivity index (χ2v) is 10.8. The van der Waals surface area contributed by atoms with Gasteiger partial charge in [-0.2, -0.15) is 0 Å². The summed E-state index contributed by atoms with van der Waals surface area (Å²) in [6.45, 7) is 7.66. The molecule has 0 spiro atoms. The fourth-order valence-electron chi connectivity index (χ4n) is 5.72. The Morgan fingerprint density at radius 1 is 0.919 bits per heavy atom. The number of aromatic nitrogens is 1. The van der Waals surface area contributed by atoms with Crippen molar-refractivity contribution in [3.05, 3.63) is 49.5 Å². The minimum atomic E-state index is -0.501. The van der Waals surface area contributed by atoms with Crippen LogP contribution < -0.4 is 25.2 Å². The first-order valence-electron chi connectivity index (χ1n) is 13.6. The number of thiazole rings is 1. The Balaban J connectivity index is 1.50. The van der Waals surface area contributed by atoms with Crippen molar-refractivity contribution in [3.8, 4) is 0 Å². The average Bonchev–Trinajstić information content (AvgIpc) is 3.48. The zero-order valence-corrected chi connectivity index (χ0v) is 22.7. The van der Waals surface area contributed by atoms with Gasteiger partial charge in [0.2, 0.25) is 4.80 Å². The molecule has 1 aromatic carbocycles. The molecule has 198 valence electrons. The number of likely N-dealkylation sites (N-methyl/N-ethyl adjacent to an activating group) is 2. The number of carbonyl (C=O) groups excluding carboxylic acids is 2. The summed E-state index contributed by atoms with van der Waals surface area (Å²) >= 11 is 1.22. The van der Waals surface area contributed by atoms with Crippen molar-refractivity contribution in [1.82, 2.24) is 19.8 Å². The van der Waals surface area contributed by atoms with Crippen molar-refractivity contribution in [3.63, 3.8) is 0 Å². The zero-order valence-electron chi connectivity index (χ0n) is 21.9. The Hall–Kier alpha value is -3.14. The van der Waals surface area contributed by atoms with E-state index in [1.54, 1.807) is 14.4 Å². The molecule has 37 heavy (non-hydrogen) atoms. The maximum absolute atomic E-state index is 13.9. The number of nitrogens with zero attached hydrogens (tertiary/aromatic N) is 5. The minimum absolute atomic E-state index is 0.119. The van der Waals surface area contributed by atoms with Crippen LogP contribution in [0.15, 0.2) is 34.2 Å². The quantitative estimate of drug-likeness (QED) is 0.484. The lowest BCUT2D eigenvalue weighted by Crippen LogP contribution is -2.53. The number of carbonyl (C=O) groups is 2. The number of benzene rings is 1. The Morgan fingerprint density at radius 3 is 2.35 bits per heavy atom. The molecule has 5 rings (SSSR count). The Labute approximate surface area is 221 Å². The number of hydrogen-bond donors (Lipinski definition) is 1. The van der Waals surface area contributed by atoms with E-state index < -0.39 is 12.3 Å². The maximum Gasteiger partial charge on any atom is 0.323 e. The van der Waals surface area contributed by atoms with Gasteiger partial charge in [0.05, 0.1) is 11.3 Å². The first-order valence-corrected chi connectivity index (χ1v) is 14.4. The third-order valence-corrected chi connectivity index (χ3v) is 8.67. The molecule has 9 nitrogen and oxygen atoms in total. The summed E-state index contributed by atoms with van der Waals surface area (Å²) in [6, 6.07) is 7.61. The molecule has 0 aliphatic carbocycles. The highest BCUT2D eigenvalue weighted by Crippen LogP contribution is 2.35. The number of amides is 3. The monoisotopic (exact) mass is 524 g/mol. The molecule has 3 amide bonds.